The summed E-state index contributed by atoms with van der Waals surface area (Å²) in [5.74, 6) is -0.234. The monoisotopic (exact) mass is 637 g/mol. The van der Waals surface area contributed by atoms with Gasteiger partial charge in [-0.05, 0) is 56.2 Å². The first-order valence-corrected chi connectivity index (χ1v) is 17.0. The minimum Gasteiger partial charge on any atom is -0.381 e. The van der Waals surface area contributed by atoms with Gasteiger partial charge in [-0.1, -0.05) is 43.2 Å². The molecule has 3 aromatic carbocycles. The number of hydrogen-bond acceptors (Lipinski definition) is 9. The van der Waals surface area contributed by atoms with E-state index in [0.717, 1.165) is 42.7 Å². The summed E-state index contributed by atoms with van der Waals surface area (Å²) in [4.78, 5) is 19.2. The van der Waals surface area contributed by atoms with E-state index in [1.165, 1.54) is 16.7 Å². The molecule has 230 valence electrons. The molecule has 2 heterocycles. The van der Waals surface area contributed by atoms with Gasteiger partial charge in [0.1, 0.15) is 16.2 Å². The van der Waals surface area contributed by atoms with Crippen molar-refractivity contribution >= 4 is 53.6 Å². The maximum Gasteiger partial charge on any atom is 0.269 e. The Kier molecular flexibility index (Phi) is 8.95. The number of nitro groups is 1. The summed E-state index contributed by atoms with van der Waals surface area (Å²) in [5.41, 5.74) is 1.69. The largest absolute Gasteiger partial charge is 0.381 e. The Hall–Kier alpha value is -4.40. The van der Waals surface area contributed by atoms with Crippen molar-refractivity contribution in [3.63, 3.8) is 0 Å². The third-order valence-electron chi connectivity index (χ3n) is 7.01. The molecule has 5 aromatic rings. The molecule has 0 spiro atoms. The lowest BCUT2D eigenvalue weighted by Gasteiger charge is -2.15. The van der Waals surface area contributed by atoms with E-state index < -0.39 is 24.8 Å². The molecular formula is C30H31N5O7S2. The summed E-state index contributed by atoms with van der Waals surface area (Å²) in [7, 11) is -8.78. The molecule has 0 radical (unpaired) electrons. The lowest BCUT2D eigenvalue weighted by molar-refractivity contribution is -0.384. The van der Waals surface area contributed by atoms with Crippen LogP contribution in [0.2, 0.25) is 0 Å². The van der Waals surface area contributed by atoms with Crippen molar-refractivity contribution in [2.45, 2.75) is 54.3 Å². The van der Waals surface area contributed by atoms with Gasteiger partial charge in [-0.3, -0.25) is 14.8 Å². The molecule has 44 heavy (non-hydrogen) atoms. The van der Waals surface area contributed by atoms with Crippen LogP contribution in [0.25, 0.3) is 22.2 Å². The Morgan fingerprint density at radius 3 is 2.11 bits per heavy atom. The third kappa shape index (κ3) is 6.27. The van der Waals surface area contributed by atoms with Gasteiger partial charge in [0, 0.05) is 31.9 Å². The van der Waals surface area contributed by atoms with Crippen molar-refractivity contribution in [1.82, 2.24) is 14.5 Å². The number of unbranched alkanes of at least 4 members (excludes halogenated alkanes) is 1. The molecule has 0 saturated carbocycles. The lowest BCUT2D eigenvalue weighted by Crippen LogP contribution is -2.19. The van der Waals surface area contributed by atoms with E-state index in [1.54, 1.807) is 36.4 Å². The van der Waals surface area contributed by atoms with Crippen molar-refractivity contribution < 1.29 is 26.5 Å². The van der Waals surface area contributed by atoms with Crippen LogP contribution in [-0.4, -0.2) is 49.5 Å². The Labute approximate surface area is 254 Å². The van der Waals surface area contributed by atoms with Crippen LogP contribution in [0.1, 0.15) is 31.7 Å². The van der Waals surface area contributed by atoms with Crippen LogP contribution in [-0.2, 0) is 31.1 Å². The third-order valence-corrected chi connectivity index (χ3v) is 10.2. The number of nitro benzene ring substituents is 1. The summed E-state index contributed by atoms with van der Waals surface area (Å²) in [6.45, 7) is 4.97. The Morgan fingerprint density at radius 1 is 0.864 bits per heavy atom. The molecule has 0 unspecified atom stereocenters. The number of anilines is 1. The zero-order valence-corrected chi connectivity index (χ0v) is 25.8. The predicted octanol–water partition coefficient (Wildman–Crippen LogP) is 5.64. The molecule has 0 bridgehead atoms. The van der Waals surface area contributed by atoms with Gasteiger partial charge in [-0.25, -0.2) is 26.8 Å². The number of benzene rings is 3. The summed E-state index contributed by atoms with van der Waals surface area (Å²) in [5, 5.41) is 11.1. The highest BCUT2D eigenvalue weighted by atomic mass is 32.2. The first kappa shape index (κ1) is 31.0. The fraction of sp³-hybridized carbons (Fsp3) is 0.267. The highest BCUT2D eigenvalue weighted by Crippen LogP contribution is 2.38. The van der Waals surface area contributed by atoms with Crippen molar-refractivity contribution in [2.24, 2.45) is 0 Å². The fourth-order valence-electron chi connectivity index (χ4n) is 4.69. The summed E-state index contributed by atoms with van der Waals surface area (Å²) >= 11 is 0. The number of aromatic nitrogens is 3. The van der Waals surface area contributed by atoms with Crippen molar-refractivity contribution in [3.8, 4) is 0 Å². The van der Waals surface area contributed by atoms with Gasteiger partial charge in [-0.2, -0.15) is 0 Å². The number of sulfonamides is 1. The Morgan fingerprint density at radius 2 is 1.48 bits per heavy atom. The van der Waals surface area contributed by atoms with Gasteiger partial charge in [0.15, 0.2) is 5.65 Å². The standard InChI is InChI=1S/C30H31N5O7S2/c1-3-4-19-42-20-7-18-34-29-27(31-25-8-5-6-9-26(25)32-29)28(43(38,39)23-14-10-21(2)11-15-23)30(34)33-44(40,41)24-16-12-22(13-17-24)35(36)37/h5-6,8-17,33H,3-4,7,18-20H2,1-2H3. The second kappa shape index (κ2) is 12.7. The zero-order chi connectivity index (χ0) is 31.5. The predicted molar refractivity (Wildman–Crippen MR) is 166 cm³/mol. The van der Waals surface area contributed by atoms with E-state index in [9.17, 15) is 26.9 Å². The molecule has 0 aliphatic carbocycles. The van der Waals surface area contributed by atoms with E-state index in [-0.39, 0.29) is 43.9 Å². The highest BCUT2D eigenvalue weighted by Gasteiger charge is 2.33. The van der Waals surface area contributed by atoms with Gasteiger partial charge in [0.05, 0.1) is 25.7 Å². The lowest BCUT2D eigenvalue weighted by atomic mass is 10.2. The van der Waals surface area contributed by atoms with Crippen LogP contribution in [0.15, 0.2) is 87.5 Å². The number of non-ortho nitro benzene ring substituents is 1. The van der Waals surface area contributed by atoms with E-state index in [4.69, 9.17) is 9.72 Å². The Balaban J connectivity index is 1.73. The average molecular weight is 638 g/mol. The number of para-hydroxylation sites is 2. The topological polar surface area (TPSA) is 163 Å². The van der Waals surface area contributed by atoms with Gasteiger partial charge in [0.2, 0.25) is 9.84 Å². The van der Waals surface area contributed by atoms with E-state index in [2.05, 4.69) is 16.6 Å². The smallest absolute Gasteiger partial charge is 0.269 e. The van der Waals surface area contributed by atoms with E-state index >= 15 is 0 Å². The van der Waals surface area contributed by atoms with Crippen LogP contribution in [0.3, 0.4) is 0 Å². The fourth-order valence-corrected chi connectivity index (χ4v) is 7.37. The number of sulfone groups is 1. The van der Waals surface area contributed by atoms with Crippen LogP contribution >= 0.6 is 0 Å². The normalized spacial score (nSPS) is 12.1. The first-order valence-electron chi connectivity index (χ1n) is 14.0. The van der Waals surface area contributed by atoms with Crippen molar-refractivity contribution in [2.75, 3.05) is 17.9 Å². The summed E-state index contributed by atoms with van der Waals surface area (Å²) in [6, 6.07) is 17.5. The van der Waals surface area contributed by atoms with Crippen molar-refractivity contribution in [1.29, 1.82) is 0 Å². The summed E-state index contributed by atoms with van der Waals surface area (Å²) in [6.07, 6.45) is 2.29. The number of aryl methyl sites for hydroxylation is 2. The van der Waals surface area contributed by atoms with E-state index in [1.807, 2.05) is 6.92 Å². The molecule has 0 atom stereocenters. The van der Waals surface area contributed by atoms with Gasteiger partial charge in [-0.15, -0.1) is 0 Å². The first-order chi connectivity index (χ1) is 21.0. The van der Waals surface area contributed by atoms with Crippen LogP contribution < -0.4 is 4.72 Å². The number of fused-ring (bicyclic) bond motifs is 2. The molecule has 5 rings (SSSR count). The van der Waals surface area contributed by atoms with Crippen molar-refractivity contribution in [3.05, 3.63) is 88.5 Å². The zero-order valence-electron chi connectivity index (χ0n) is 24.1. The van der Waals surface area contributed by atoms with Crippen LogP contribution in [0.5, 0.6) is 0 Å². The maximum absolute atomic E-state index is 14.3. The molecule has 0 saturated heterocycles. The van der Waals surface area contributed by atoms with Crippen LogP contribution in [0.4, 0.5) is 11.5 Å². The minimum absolute atomic E-state index is 0.0116. The molecule has 2 aromatic heterocycles. The second-order valence-electron chi connectivity index (χ2n) is 10.2. The molecule has 0 amide bonds. The molecule has 0 aliphatic rings. The Bertz CT molecular complexity index is 2040. The summed E-state index contributed by atoms with van der Waals surface area (Å²) < 4.78 is 65.7. The number of nitrogens with one attached hydrogen (secondary N) is 1. The van der Waals surface area contributed by atoms with Gasteiger partial charge in [0.25, 0.3) is 15.7 Å². The molecule has 0 fully saturated rings. The number of nitrogens with zero attached hydrogens (tertiary/aromatic N) is 4. The quantitative estimate of drug-likeness (QED) is 0.0977. The second-order valence-corrected chi connectivity index (χ2v) is 13.8. The molecule has 1 N–H and O–H groups in total. The molecule has 14 heteroatoms. The molecule has 12 nitrogen and oxygen atoms in total. The molecule has 0 aliphatic heterocycles. The number of hydrogen-bond donors (Lipinski definition) is 1. The highest BCUT2D eigenvalue weighted by molar-refractivity contribution is 7.93. The SMILES string of the molecule is CCCCOCCCn1c(NS(=O)(=O)c2ccc([N+](=O)[O-])cc2)c(S(=O)(=O)c2ccc(C)cc2)c2nc3ccccc3nc21. The van der Waals surface area contributed by atoms with Gasteiger partial charge >= 0.3 is 0 Å². The van der Waals surface area contributed by atoms with E-state index in [0.29, 0.717) is 30.7 Å². The maximum atomic E-state index is 14.3. The molecular weight excluding hydrogens is 606 g/mol. The van der Waals surface area contributed by atoms with Gasteiger partial charge < -0.3 is 9.30 Å². The average Bonchev–Trinajstić information content (AvgIpc) is 3.29. The number of ether oxygens (including phenoxy) is 1. The van der Waals surface area contributed by atoms with Crippen LogP contribution in [0, 0.1) is 17.0 Å². The number of rotatable bonds is 13. The minimum atomic E-state index is -4.43.